The van der Waals surface area contributed by atoms with Crippen molar-refractivity contribution in [2.75, 3.05) is 5.32 Å². The standard InChI is InChI=1S/C19H24N4/c1-13(2)5-7-15-11-14(3)6-8-16(15)22-19-18-17(20-12-21-19)9-10-23(18)4/h6,8-13H,5,7H2,1-4H3,(H,20,21,22). The molecule has 3 rings (SSSR count). The largest absolute Gasteiger partial charge is 0.346 e. The van der Waals surface area contributed by atoms with E-state index < -0.39 is 0 Å². The van der Waals surface area contributed by atoms with Crippen LogP contribution in [0.5, 0.6) is 0 Å². The van der Waals surface area contributed by atoms with E-state index in [2.05, 4.69) is 58.8 Å². The number of fused-ring (bicyclic) bond motifs is 1. The second kappa shape index (κ2) is 6.41. The number of aromatic nitrogens is 3. The number of rotatable bonds is 5. The zero-order valence-corrected chi connectivity index (χ0v) is 14.3. The van der Waals surface area contributed by atoms with Gasteiger partial charge in [0.15, 0.2) is 5.82 Å². The van der Waals surface area contributed by atoms with Gasteiger partial charge in [-0.1, -0.05) is 31.5 Å². The average Bonchev–Trinajstić information content (AvgIpc) is 2.90. The summed E-state index contributed by atoms with van der Waals surface area (Å²) in [4.78, 5) is 8.78. The first-order chi connectivity index (χ1) is 11.0. The summed E-state index contributed by atoms with van der Waals surface area (Å²) in [7, 11) is 2.02. The van der Waals surface area contributed by atoms with Gasteiger partial charge in [0, 0.05) is 18.9 Å². The highest BCUT2D eigenvalue weighted by molar-refractivity contribution is 5.88. The molecule has 0 unspecified atom stereocenters. The second-order valence-corrected chi connectivity index (χ2v) is 6.60. The zero-order valence-electron chi connectivity index (χ0n) is 14.3. The lowest BCUT2D eigenvalue weighted by Gasteiger charge is -2.14. The molecule has 3 aromatic rings. The summed E-state index contributed by atoms with van der Waals surface area (Å²) >= 11 is 0. The van der Waals surface area contributed by atoms with E-state index in [1.165, 1.54) is 17.5 Å². The SMILES string of the molecule is Cc1ccc(Nc2ncnc3ccn(C)c23)c(CCC(C)C)c1. The fraction of sp³-hybridized carbons (Fsp3) is 0.368. The van der Waals surface area contributed by atoms with E-state index >= 15 is 0 Å². The number of benzene rings is 1. The number of nitrogens with one attached hydrogen (secondary N) is 1. The van der Waals surface area contributed by atoms with E-state index in [1.807, 2.05) is 19.3 Å². The van der Waals surface area contributed by atoms with Crippen molar-refractivity contribution in [2.45, 2.75) is 33.6 Å². The Morgan fingerprint density at radius 3 is 2.78 bits per heavy atom. The van der Waals surface area contributed by atoms with Gasteiger partial charge in [0.2, 0.25) is 0 Å². The van der Waals surface area contributed by atoms with Crippen LogP contribution in [0.4, 0.5) is 11.5 Å². The van der Waals surface area contributed by atoms with Crippen molar-refractivity contribution in [3.05, 3.63) is 47.9 Å². The highest BCUT2D eigenvalue weighted by Crippen LogP contribution is 2.27. The van der Waals surface area contributed by atoms with Gasteiger partial charge in [0.1, 0.15) is 11.8 Å². The van der Waals surface area contributed by atoms with Gasteiger partial charge in [-0.25, -0.2) is 9.97 Å². The van der Waals surface area contributed by atoms with E-state index in [0.717, 1.165) is 29.0 Å². The van der Waals surface area contributed by atoms with Crippen molar-refractivity contribution in [3.63, 3.8) is 0 Å². The van der Waals surface area contributed by atoms with Crippen molar-refractivity contribution < 1.29 is 0 Å². The zero-order chi connectivity index (χ0) is 16.4. The molecular formula is C19H24N4. The second-order valence-electron chi connectivity index (χ2n) is 6.60. The number of hydrogen-bond acceptors (Lipinski definition) is 3. The van der Waals surface area contributed by atoms with E-state index in [9.17, 15) is 0 Å². The van der Waals surface area contributed by atoms with Crippen molar-refractivity contribution in [1.29, 1.82) is 0 Å². The molecule has 0 aliphatic rings. The maximum absolute atomic E-state index is 4.45. The smallest absolute Gasteiger partial charge is 0.158 e. The van der Waals surface area contributed by atoms with Crippen molar-refractivity contribution in [1.82, 2.24) is 14.5 Å². The van der Waals surface area contributed by atoms with E-state index in [4.69, 9.17) is 0 Å². The fourth-order valence-electron chi connectivity index (χ4n) is 2.83. The lowest BCUT2D eigenvalue weighted by Crippen LogP contribution is -2.02. The molecule has 0 saturated carbocycles. The van der Waals surface area contributed by atoms with Crippen LogP contribution in [0.1, 0.15) is 31.4 Å². The van der Waals surface area contributed by atoms with Crippen LogP contribution in [0.3, 0.4) is 0 Å². The normalized spacial score (nSPS) is 11.3. The van der Waals surface area contributed by atoms with Gasteiger partial charge in [0.05, 0.1) is 5.52 Å². The monoisotopic (exact) mass is 308 g/mol. The van der Waals surface area contributed by atoms with Crippen LogP contribution >= 0.6 is 0 Å². The van der Waals surface area contributed by atoms with E-state index in [0.29, 0.717) is 5.92 Å². The molecule has 0 spiro atoms. The molecule has 23 heavy (non-hydrogen) atoms. The molecule has 1 aromatic carbocycles. The first kappa shape index (κ1) is 15.5. The summed E-state index contributed by atoms with van der Waals surface area (Å²) in [5, 5.41) is 3.52. The summed E-state index contributed by atoms with van der Waals surface area (Å²) in [5.41, 5.74) is 5.77. The van der Waals surface area contributed by atoms with Crippen molar-refractivity contribution in [3.8, 4) is 0 Å². The molecule has 0 amide bonds. The highest BCUT2D eigenvalue weighted by atomic mass is 15.1. The minimum absolute atomic E-state index is 0.696. The van der Waals surface area contributed by atoms with Crippen LogP contribution in [0.25, 0.3) is 11.0 Å². The van der Waals surface area contributed by atoms with Gasteiger partial charge in [0.25, 0.3) is 0 Å². The van der Waals surface area contributed by atoms with Gasteiger partial charge < -0.3 is 9.88 Å². The molecule has 120 valence electrons. The van der Waals surface area contributed by atoms with Crippen LogP contribution in [0, 0.1) is 12.8 Å². The summed E-state index contributed by atoms with van der Waals surface area (Å²) in [5.74, 6) is 1.55. The predicted octanol–water partition coefficient (Wildman–Crippen LogP) is 4.61. The highest BCUT2D eigenvalue weighted by Gasteiger charge is 2.10. The molecule has 0 saturated heterocycles. The van der Waals surface area contributed by atoms with Crippen LogP contribution in [-0.2, 0) is 13.5 Å². The maximum Gasteiger partial charge on any atom is 0.158 e. The molecule has 0 fully saturated rings. The molecule has 2 aromatic heterocycles. The summed E-state index contributed by atoms with van der Waals surface area (Å²) in [6.45, 7) is 6.67. The third-order valence-corrected chi connectivity index (χ3v) is 4.16. The molecule has 0 aliphatic heterocycles. The Bertz CT molecular complexity index is 817. The van der Waals surface area contributed by atoms with Gasteiger partial charge in [-0.2, -0.15) is 0 Å². The Morgan fingerprint density at radius 2 is 2.00 bits per heavy atom. The lowest BCUT2D eigenvalue weighted by atomic mass is 9.99. The number of anilines is 2. The number of aryl methyl sites for hydroxylation is 3. The summed E-state index contributed by atoms with van der Waals surface area (Å²) < 4.78 is 2.06. The fourth-order valence-corrected chi connectivity index (χ4v) is 2.83. The number of nitrogens with zero attached hydrogens (tertiary/aromatic N) is 3. The third-order valence-electron chi connectivity index (χ3n) is 4.16. The molecule has 0 atom stereocenters. The molecular weight excluding hydrogens is 284 g/mol. The predicted molar refractivity (Wildman–Crippen MR) is 96.1 cm³/mol. The average molecular weight is 308 g/mol. The quantitative estimate of drug-likeness (QED) is 0.748. The van der Waals surface area contributed by atoms with Crippen LogP contribution in [0.2, 0.25) is 0 Å². The van der Waals surface area contributed by atoms with Gasteiger partial charge in [-0.3, -0.25) is 0 Å². The topological polar surface area (TPSA) is 42.7 Å². The van der Waals surface area contributed by atoms with Crippen LogP contribution in [-0.4, -0.2) is 14.5 Å². The Balaban J connectivity index is 1.97. The number of hydrogen-bond donors (Lipinski definition) is 1. The van der Waals surface area contributed by atoms with Gasteiger partial charge >= 0.3 is 0 Å². The van der Waals surface area contributed by atoms with Gasteiger partial charge in [-0.05, 0) is 43.4 Å². The Morgan fingerprint density at radius 1 is 1.17 bits per heavy atom. The van der Waals surface area contributed by atoms with E-state index in [1.54, 1.807) is 6.33 Å². The molecule has 0 aliphatic carbocycles. The third kappa shape index (κ3) is 3.36. The molecule has 0 bridgehead atoms. The first-order valence-corrected chi connectivity index (χ1v) is 8.17. The molecule has 2 heterocycles. The Kier molecular flexibility index (Phi) is 4.33. The van der Waals surface area contributed by atoms with Crippen molar-refractivity contribution >= 4 is 22.5 Å². The van der Waals surface area contributed by atoms with Crippen LogP contribution in [0.15, 0.2) is 36.8 Å². The summed E-state index contributed by atoms with van der Waals surface area (Å²) in [6.07, 6.45) is 5.89. The first-order valence-electron chi connectivity index (χ1n) is 8.17. The summed E-state index contributed by atoms with van der Waals surface area (Å²) in [6, 6.07) is 8.58. The lowest BCUT2D eigenvalue weighted by molar-refractivity contribution is 0.587. The van der Waals surface area contributed by atoms with E-state index in [-0.39, 0.29) is 0 Å². The van der Waals surface area contributed by atoms with Crippen molar-refractivity contribution in [2.24, 2.45) is 13.0 Å². The molecule has 4 nitrogen and oxygen atoms in total. The minimum Gasteiger partial charge on any atom is -0.346 e. The molecule has 0 radical (unpaired) electrons. The van der Waals surface area contributed by atoms with Gasteiger partial charge in [-0.15, -0.1) is 0 Å². The van der Waals surface area contributed by atoms with Crippen LogP contribution < -0.4 is 5.32 Å². The minimum atomic E-state index is 0.696. The molecule has 1 N–H and O–H groups in total. The maximum atomic E-state index is 4.45. The Labute approximate surface area is 137 Å². The Hall–Kier alpha value is -2.36. The molecule has 4 heteroatoms.